The molecular weight excluding hydrogens is 290 g/mol. The van der Waals surface area contributed by atoms with Crippen molar-refractivity contribution in [3.8, 4) is 11.1 Å². The third-order valence-corrected chi connectivity index (χ3v) is 4.74. The molecule has 1 aromatic heterocycles. The van der Waals surface area contributed by atoms with Crippen molar-refractivity contribution in [3.63, 3.8) is 0 Å². The smallest absolute Gasteiger partial charge is 0.0273 e. The van der Waals surface area contributed by atoms with E-state index in [0.29, 0.717) is 0 Å². The number of hydrogen-bond acceptors (Lipinski definition) is 1. The Morgan fingerprint density at radius 2 is 1.21 bits per heavy atom. The molecule has 0 atom stereocenters. The van der Waals surface area contributed by atoms with Gasteiger partial charge in [-0.2, -0.15) is 0 Å². The monoisotopic (exact) mass is 305 g/mol. The van der Waals surface area contributed by atoms with Crippen LogP contribution < -0.4 is 0 Å². The molecule has 1 heterocycles. The highest BCUT2D eigenvalue weighted by molar-refractivity contribution is 6.19. The summed E-state index contributed by atoms with van der Waals surface area (Å²) in [5.41, 5.74) is 2.50. The zero-order chi connectivity index (χ0) is 15.9. The lowest BCUT2D eigenvalue weighted by Crippen LogP contribution is -1.87. The Balaban J connectivity index is 2.05. The van der Waals surface area contributed by atoms with Gasteiger partial charge in [-0.15, -0.1) is 0 Å². The Morgan fingerprint density at radius 3 is 2.04 bits per heavy atom. The SMILES string of the molecule is c1ccc2c(-c3ccncc3)c3ccc4ccccc4c3cc2c1. The first-order valence-electron chi connectivity index (χ1n) is 8.15. The van der Waals surface area contributed by atoms with E-state index in [1.54, 1.807) is 0 Å². The predicted octanol–water partition coefficient (Wildman–Crippen LogP) is 6.21. The first-order chi connectivity index (χ1) is 11.9. The van der Waals surface area contributed by atoms with Gasteiger partial charge in [0, 0.05) is 12.4 Å². The molecular formula is C23H15N. The van der Waals surface area contributed by atoms with Crippen LogP contribution in [0.5, 0.6) is 0 Å². The molecule has 1 heteroatoms. The van der Waals surface area contributed by atoms with Gasteiger partial charge in [-0.3, -0.25) is 4.98 Å². The molecule has 0 saturated heterocycles. The molecule has 0 fully saturated rings. The number of nitrogens with zero attached hydrogens (tertiary/aromatic N) is 1. The number of benzene rings is 4. The number of aromatic nitrogens is 1. The molecule has 5 rings (SSSR count). The van der Waals surface area contributed by atoms with Crippen LogP contribution in [0, 0.1) is 0 Å². The summed E-state index contributed by atoms with van der Waals surface area (Å²) in [7, 11) is 0. The summed E-state index contributed by atoms with van der Waals surface area (Å²) in [5, 5.41) is 7.73. The Hall–Kier alpha value is -3.19. The fourth-order valence-electron chi connectivity index (χ4n) is 3.65. The third kappa shape index (κ3) is 1.92. The molecule has 24 heavy (non-hydrogen) atoms. The fourth-order valence-corrected chi connectivity index (χ4v) is 3.65. The van der Waals surface area contributed by atoms with E-state index in [-0.39, 0.29) is 0 Å². The van der Waals surface area contributed by atoms with Crippen LogP contribution in [-0.4, -0.2) is 4.98 Å². The van der Waals surface area contributed by atoms with Gasteiger partial charge in [0.2, 0.25) is 0 Å². The zero-order valence-corrected chi connectivity index (χ0v) is 13.1. The lowest BCUT2D eigenvalue weighted by atomic mass is 9.90. The van der Waals surface area contributed by atoms with Gasteiger partial charge in [0.05, 0.1) is 0 Å². The maximum absolute atomic E-state index is 4.18. The second-order valence-electron chi connectivity index (χ2n) is 6.09. The highest BCUT2D eigenvalue weighted by Gasteiger charge is 2.11. The molecule has 0 N–H and O–H groups in total. The van der Waals surface area contributed by atoms with Crippen molar-refractivity contribution in [3.05, 3.63) is 91.3 Å². The normalized spacial score (nSPS) is 11.3. The Morgan fingerprint density at radius 1 is 0.500 bits per heavy atom. The van der Waals surface area contributed by atoms with Gasteiger partial charge in [-0.05, 0) is 61.6 Å². The standard InChI is InChI=1S/C23H15N/c1-3-7-19-16(5-1)9-10-21-22(19)15-18-6-2-4-8-20(18)23(21)17-11-13-24-14-12-17/h1-15H. The quantitative estimate of drug-likeness (QED) is 0.265. The number of rotatable bonds is 1. The fraction of sp³-hybridized carbons (Fsp3) is 0. The van der Waals surface area contributed by atoms with Crippen LogP contribution in [0.25, 0.3) is 43.4 Å². The highest BCUT2D eigenvalue weighted by atomic mass is 14.6. The van der Waals surface area contributed by atoms with Crippen molar-refractivity contribution in [2.45, 2.75) is 0 Å². The van der Waals surface area contributed by atoms with Crippen molar-refractivity contribution < 1.29 is 0 Å². The van der Waals surface area contributed by atoms with E-state index in [1.165, 1.54) is 43.4 Å². The van der Waals surface area contributed by atoms with E-state index < -0.39 is 0 Å². The topological polar surface area (TPSA) is 12.9 Å². The van der Waals surface area contributed by atoms with Gasteiger partial charge in [-0.25, -0.2) is 0 Å². The molecule has 0 unspecified atom stereocenters. The lowest BCUT2D eigenvalue weighted by molar-refractivity contribution is 1.33. The van der Waals surface area contributed by atoms with Crippen molar-refractivity contribution >= 4 is 32.3 Å². The molecule has 0 aliphatic rings. The van der Waals surface area contributed by atoms with Crippen molar-refractivity contribution in [1.82, 2.24) is 4.98 Å². The van der Waals surface area contributed by atoms with Gasteiger partial charge >= 0.3 is 0 Å². The maximum atomic E-state index is 4.18. The van der Waals surface area contributed by atoms with Gasteiger partial charge in [0.15, 0.2) is 0 Å². The van der Waals surface area contributed by atoms with Crippen LogP contribution in [0.1, 0.15) is 0 Å². The summed E-state index contributed by atoms with van der Waals surface area (Å²) in [4.78, 5) is 4.18. The summed E-state index contributed by atoms with van der Waals surface area (Å²) in [6, 6.07) is 28.2. The average molecular weight is 305 g/mol. The Bertz CT molecular complexity index is 1190. The number of hydrogen-bond donors (Lipinski definition) is 0. The van der Waals surface area contributed by atoms with Gasteiger partial charge in [0.1, 0.15) is 0 Å². The zero-order valence-electron chi connectivity index (χ0n) is 13.1. The van der Waals surface area contributed by atoms with Crippen molar-refractivity contribution in [1.29, 1.82) is 0 Å². The largest absolute Gasteiger partial charge is 0.265 e. The van der Waals surface area contributed by atoms with Gasteiger partial charge in [0.25, 0.3) is 0 Å². The van der Waals surface area contributed by atoms with E-state index in [4.69, 9.17) is 0 Å². The Labute approximate surface area is 140 Å². The van der Waals surface area contributed by atoms with E-state index in [2.05, 4.69) is 83.8 Å². The average Bonchev–Trinajstić information content (AvgIpc) is 2.67. The van der Waals surface area contributed by atoms with E-state index in [0.717, 1.165) is 0 Å². The summed E-state index contributed by atoms with van der Waals surface area (Å²) in [6.45, 7) is 0. The minimum Gasteiger partial charge on any atom is -0.265 e. The molecule has 0 bridgehead atoms. The summed E-state index contributed by atoms with van der Waals surface area (Å²) in [5.74, 6) is 0. The maximum Gasteiger partial charge on any atom is 0.0273 e. The van der Waals surface area contributed by atoms with Crippen LogP contribution in [0.2, 0.25) is 0 Å². The van der Waals surface area contributed by atoms with Crippen molar-refractivity contribution in [2.75, 3.05) is 0 Å². The molecule has 4 aromatic carbocycles. The molecule has 112 valence electrons. The molecule has 0 aliphatic heterocycles. The van der Waals surface area contributed by atoms with Gasteiger partial charge < -0.3 is 0 Å². The minimum absolute atomic E-state index is 1.21. The highest BCUT2D eigenvalue weighted by Crippen LogP contribution is 2.38. The third-order valence-electron chi connectivity index (χ3n) is 4.74. The molecule has 0 aliphatic carbocycles. The molecule has 0 saturated carbocycles. The van der Waals surface area contributed by atoms with E-state index in [1.807, 2.05) is 12.4 Å². The van der Waals surface area contributed by atoms with Crippen LogP contribution in [0.15, 0.2) is 91.3 Å². The number of pyridine rings is 1. The molecule has 0 spiro atoms. The summed E-state index contributed by atoms with van der Waals surface area (Å²) < 4.78 is 0. The molecule has 5 aromatic rings. The van der Waals surface area contributed by atoms with Crippen LogP contribution in [0.3, 0.4) is 0 Å². The molecule has 0 amide bonds. The minimum atomic E-state index is 1.21. The summed E-state index contributed by atoms with van der Waals surface area (Å²) >= 11 is 0. The van der Waals surface area contributed by atoms with Crippen LogP contribution >= 0.6 is 0 Å². The van der Waals surface area contributed by atoms with Crippen LogP contribution in [-0.2, 0) is 0 Å². The first kappa shape index (κ1) is 13.3. The van der Waals surface area contributed by atoms with E-state index in [9.17, 15) is 0 Å². The van der Waals surface area contributed by atoms with E-state index >= 15 is 0 Å². The second-order valence-corrected chi connectivity index (χ2v) is 6.09. The first-order valence-corrected chi connectivity index (χ1v) is 8.15. The molecule has 1 nitrogen and oxygen atoms in total. The van der Waals surface area contributed by atoms with Crippen molar-refractivity contribution in [2.24, 2.45) is 0 Å². The van der Waals surface area contributed by atoms with Crippen LogP contribution in [0.4, 0.5) is 0 Å². The molecule has 0 radical (unpaired) electrons. The second kappa shape index (κ2) is 5.17. The predicted molar refractivity (Wildman–Crippen MR) is 102 cm³/mol. The van der Waals surface area contributed by atoms with Gasteiger partial charge in [-0.1, -0.05) is 60.7 Å². The Kier molecular flexibility index (Phi) is 2.86. The summed E-state index contributed by atoms with van der Waals surface area (Å²) in [6.07, 6.45) is 3.73. The number of fused-ring (bicyclic) bond motifs is 4. The lowest BCUT2D eigenvalue weighted by Gasteiger charge is -2.13.